The zero-order chi connectivity index (χ0) is 17.6. The molecule has 1 aromatic rings. The van der Waals surface area contributed by atoms with E-state index in [1.165, 1.54) is 57.9 Å². The average Bonchev–Trinajstić information content (AvgIpc) is 3.07. The summed E-state index contributed by atoms with van der Waals surface area (Å²) in [6, 6.07) is 0.722. The van der Waals surface area contributed by atoms with Crippen LogP contribution in [0.15, 0.2) is 12.4 Å². The first-order valence-electron chi connectivity index (χ1n) is 9.81. The predicted octanol–water partition coefficient (Wildman–Crippen LogP) is 1.38. The van der Waals surface area contributed by atoms with Crippen molar-refractivity contribution in [3.63, 3.8) is 0 Å². The second-order valence-electron chi connectivity index (χ2n) is 7.72. The molecule has 1 atom stereocenters. The fourth-order valence-corrected chi connectivity index (χ4v) is 4.21. The van der Waals surface area contributed by atoms with Gasteiger partial charge < -0.3 is 14.2 Å². The highest BCUT2D eigenvalue weighted by Gasteiger charge is 2.29. The normalized spacial score (nSPS) is 23.2. The summed E-state index contributed by atoms with van der Waals surface area (Å²) in [4.78, 5) is 12.3. The van der Waals surface area contributed by atoms with Crippen LogP contribution in [0, 0.1) is 5.92 Å². The van der Waals surface area contributed by atoms with Gasteiger partial charge in [-0.05, 0) is 45.8 Å². The number of likely N-dealkylation sites (N-methyl/N-ethyl adjacent to an activating group) is 1. The summed E-state index contributed by atoms with van der Waals surface area (Å²) < 4.78 is 7.42. The third kappa shape index (κ3) is 5.03. The van der Waals surface area contributed by atoms with Crippen molar-refractivity contribution in [1.29, 1.82) is 0 Å². The van der Waals surface area contributed by atoms with Gasteiger partial charge in [-0.1, -0.05) is 0 Å². The van der Waals surface area contributed by atoms with E-state index in [0.29, 0.717) is 0 Å². The Balaban J connectivity index is 1.45. The Morgan fingerprint density at radius 3 is 2.56 bits per heavy atom. The molecule has 0 N–H and O–H groups in total. The summed E-state index contributed by atoms with van der Waals surface area (Å²) in [5.74, 6) is 2.01. The van der Waals surface area contributed by atoms with Gasteiger partial charge in [0.2, 0.25) is 0 Å². The number of piperidine rings is 1. The Kier molecular flexibility index (Phi) is 6.87. The van der Waals surface area contributed by atoms with Gasteiger partial charge in [0.1, 0.15) is 5.82 Å². The molecule has 0 saturated carbocycles. The molecule has 0 bridgehead atoms. The van der Waals surface area contributed by atoms with E-state index in [1.807, 2.05) is 6.20 Å². The van der Waals surface area contributed by atoms with E-state index in [9.17, 15) is 0 Å². The fourth-order valence-electron chi connectivity index (χ4n) is 4.21. The van der Waals surface area contributed by atoms with Gasteiger partial charge in [-0.3, -0.25) is 9.80 Å². The molecule has 0 unspecified atom stereocenters. The summed E-state index contributed by atoms with van der Waals surface area (Å²) in [6.45, 7) is 12.3. The average molecular weight is 350 g/mol. The van der Waals surface area contributed by atoms with Crippen molar-refractivity contribution >= 4 is 0 Å². The van der Waals surface area contributed by atoms with E-state index < -0.39 is 0 Å². The first-order chi connectivity index (χ1) is 12.2. The number of hydrogen-bond acceptors (Lipinski definition) is 5. The number of piperazine rings is 1. The SMILES string of the molecule is COCCn1ccnc1CN1CCC([C@H](C)N2CCN(C)CC2)CC1. The first kappa shape index (κ1) is 18.8. The Morgan fingerprint density at radius 1 is 1.16 bits per heavy atom. The van der Waals surface area contributed by atoms with Crippen molar-refractivity contribution in [3.8, 4) is 0 Å². The lowest BCUT2D eigenvalue weighted by Crippen LogP contribution is -2.51. The molecule has 1 aromatic heterocycles. The van der Waals surface area contributed by atoms with Crippen molar-refractivity contribution < 1.29 is 4.74 Å². The van der Waals surface area contributed by atoms with E-state index in [2.05, 4.69) is 44.4 Å². The summed E-state index contributed by atoms with van der Waals surface area (Å²) in [7, 11) is 3.99. The molecule has 3 heterocycles. The maximum absolute atomic E-state index is 5.19. The van der Waals surface area contributed by atoms with Crippen LogP contribution >= 0.6 is 0 Å². The number of aromatic nitrogens is 2. The van der Waals surface area contributed by atoms with Crippen LogP contribution in [0.2, 0.25) is 0 Å². The third-order valence-corrected chi connectivity index (χ3v) is 6.13. The molecule has 0 radical (unpaired) electrons. The molecule has 2 aliphatic heterocycles. The molecule has 0 aromatic carbocycles. The van der Waals surface area contributed by atoms with Crippen molar-refractivity contribution in [2.45, 2.75) is 38.9 Å². The van der Waals surface area contributed by atoms with Gasteiger partial charge in [-0.25, -0.2) is 4.98 Å². The Hall–Kier alpha value is -0.950. The number of likely N-dealkylation sites (tertiary alicyclic amines) is 1. The first-order valence-corrected chi connectivity index (χ1v) is 9.81. The van der Waals surface area contributed by atoms with Crippen molar-refractivity contribution in [1.82, 2.24) is 24.3 Å². The molecule has 2 saturated heterocycles. The number of hydrogen-bond donors (Lipinski definition) is 0. The zero-order valence-corrected chi connectivity index (χ0v) is 16.2. The summed E-state index contributed by atoms with van der Waals surface area (Å²) in [5, 5.41) is 0. The van der Waals surface area contributed by atoms with E-state index in [-0.39, 0.29) is 0 Å². The van der Waals surface area contributed by atoms with Crippen LogP contribution in [0.25, 0.3) is 0 Å². The minimum Gasteiger partial charge on any atom is -0.383 e. The van der Waals surface area contributed by atoms with Gasteiger partial charge in [0.25, 0.3) is 0 Å². The maximum atomic E-state index is 5.19. The molecule has 6 nitrogen and oxygen atoms in total. The second kappa shape index (κ2) is 9.12. The lowest BCUT2D eigenvalue weighted by Gasteiger charge is -2.42. The molecule has 2 aliphatic rings. The summed E-state index contributed by atoms with van der Waals surface area (Å²) >= 11 is 0. The van der Waals surface area contributed by atoms with Crippen LogP contribution in [0.1, 0.15) is 25.6 Å². The van der Waals surface area contributed by atoms with Crippen molar-refractivity contribution in [3.05, 3.63) is 18.2 Å². The molecular weight excluding hydrogens is 314 g/mol. The predicted molar refractivity (Wildman–Crippen MR) is 101 cm³/mol. The zero-order valence-electron chi connectivity index (χ0n) is 16.2. The molecular formula is C19H35N5O. The van der Waals surface area contributed by atoms with Gasteiger partial charge in [0, 0.05) is 58.3 Å². The standard InChI is InChI=1S/C19H35N5O/c1-17(23-12-10-21(2)11-13-23)18-4-7-22(8-5-18)16-19-20-6-9-24(19)14-15-25-3/h6,9,17-18H,4-5,7-8,10-16H2,1-3H3/t17-/m0/s1. The molecule has 0 amide bonds. The quantitative estimate of drug-likeness (QED) is 0.743. The van der Waals surface area contributed by atoms with E-state index in [0.717, 1.165) is 31.7 Å². The number of rotatable bonds is 7. The number of methoxy groups -OCH3 is 1. The van der Waals surface area contributed by atoms with Gasteiger partial charge in [-0.2, -0.15) is 0 Å². The maximum Gasteiger partial charge on any atom is 0.122 e. The Labute approximate surface area is 152 Å². The lowest BCUT2D eigenvalue weighted by molar-refractivity contribution is 0.0590. The van der Waals surface area contributed by atoms with Crippen LogP contribution in [0.4, 0.5) is 0 Å². The number of nitrogens with zero attached hydrogens (tertiary/aromatic N) is 5. The van der Waals surface area contributed by atoms with E-state index >= 15 is 0 Å². The van der Waals surface area contributed by atoms with Gasteiger partial charge in [0.15, 0.2) is 0 Å². The monoisotopic (exact) mass is 349 g/mol. The van der Waals surface area contributed by atoms with Crippen LogP contribution in [0.3, 0.4) is 0 Å². The van der Waals surface area contributed by atoms with Gasteiger partial charge in [-0.15, -0.1) is 0 Å². The lowest BCUT2D eigenvalue weighted by atomic mass is 9.89. The fraction of sp³-hybridized carbons (Fsp3) is 0.842. The smallest absolute Gasteiger partial charge is 0.122 e. The van der Waals surface area contributed by atoms with Gasteiger partial charge in [0.05, 0.1) is 13.2 Å². The van der Waals surface area contributed by atoms with Gasteiger partial charge >= 0.3 is 0 Å². The summed E-state index contributed by atoms with van der Waals surface area (Å²) in [5.41, 5.74) is 0. The highest BCUT2D eigenvalue weighted by Crippen LogP contribution is 2.25. The molecule has 142 valence electrons. The third-order valence-electron chi connectivity index (χ3n) is 6.13. The minimum atomic E-state index is 0.722. The van der Waals surface area contributed by atoms with Crippen LogP contribution in [0.5, 0.6) is 0 Å². The largest absolute Gasteiger partial charge is 0.383 e. The van der Waals surface area contributed by atoms with Crippen molar-refractivity contribution in [2.75, 3.05) is 60.0 Å². The highest BCUT2D eigenvalue weighted by atomic mass is 16.5. The molecule has 0 aliphatic carbocycles. The molecule has 2 fully saturated rings. The van der Waals surface area contributed by atoms with Crippen LogP contribution < -0.4 is 0 Å². The minimum absolute atomic E-state index is 0.722. The number of ether oxygens (including phenoxy) is 1. The molecule has 6 heteroatoms. The van der Waals surface area contributed by atoms with Crippen LogP contribution in [-0.4, -0.2) is 90.3 Å². The Morgan fingerprint density at radius 2 is 1.88 bits per heavy atom. The van der Waals surface area contributed by atoms with E-state index in [1.54, 1.807) is 7.11 Å². The summed E-state index contributed by atoms with van der Waals surface area (Å²) in [6.07, 6.45) is 6.60. The van der Waals surface area contributed by atoms with Crippen LogP contribution in [-0.2, 0) is 17.8 Å². The Bertz CT molecular complexity index is 504. The second-order valence-corrected chi connectivity index (χ2v) is 7.72. The topological polar surface area (TPSA) is 36.8 Å². The van der Waals surface area contributed by atoms with Crippen molar-refractivity contribution in [2.24, 2.45) is 5.92 Å². The highest BCUT2D eigenvalue weighted by molar-refractivity contribution is 4.94. The molecule has 25 heavy (non-hydrogen) atoms. The van der Waals surface area contributed by atoms with E-state index in [4.69, 9.17) is 4.74 Å². The molecule has 0 spiro atoms. The number of imidazole rings is 1. The molecule has 3 rings (SSSR count).